The summed E-state index contributed by atoms with van der Waals surface area (Å²) in [6, 6.07) is 14.2. The molecule has 1 heteroatoms. The van der Waals surface area contributed by atoms with Crippen LogP contribution in [-0.4, -0.2) is 0 Å². The van der Waals surface area contributed by atoms with E-state index >= 15 is 0 Å². The van der Waals surface area contributed by atoms with E-state index in [2.05, 4.69) is 38.1 Å². The van der Waals surface area contributed by atoms with E-state index < -0.39 is 0 Å². The van der Waals surface area contributed by atoms with Gasteiger partial charge in [0.15, 0.2) is 0 Å². The van der Waals surface area contributed by atoms with E-state index in [1.54, 1.807) is 6.07 Å². The lowest BCUT2D eigenvalue weighted by atomic mass is 9.77. The van der Waals surface area contributed by atoms with Gasteiger partial charge in [-0.3, -0.25) is 0 Å². The summed E-state index contributed by atoms with van der Waals surface area (Å²) < 4.78 is 14.3. The summed E-state index contributed by atoms with van der Waals surface area (Å²) in [4.78, 5) is 0. The molecule has 0 amide bonds. The fourth-order valence-corrected chi connectivity index (χ4v) is 4.14. The molecule has 0 bridgehead atoms. The highest BCUT2D eigenvalue weighted by atomic mass is 19.1. The number of aryl methyl sites for hydroxylation is 1. The molecule has 128 valence electrons. The second-order valence-electron chi connectivity index (χ2n) is 7.30. The summed E-state index contributed by atoms with van der Waals surface area (Å²) >= 11 is 0. The van der Waals surface area contributed by atoms with Crippen molar-refractivity contribution in [1.29, 1.82) is 0 Å². The Morgan fingerprint density at radius 2 is 1.62 bits per heavy atom. The molecule has 1 aliphatic carbocycles. The normalized spacial score (nSPS) is 21.0. The van der Waals surface area contributed by atoms with Crippen LogP contribution in [0.2, 0.25) is 0 Å². The van der Waals surface area contributed by atoms with Crippen molar-refractivity contribution in [2.24, 2.45) is 5.92 Å². The minimum absolute atomic E-state index is 0.109. The quantitative estimate of drug-likeness (QED) is 0.549. The number of benzene rings is 2. The predicted octanol–water partition coefficient (Wildman–Crippen LogP) is 7.13. The van der Waals surface area contributed by atoms with E-state index in [-0.39, 0.29) is 5.82 Å². The molecule has 0 nitrogen and oxygen atoms in total. The van der Waals surface area contributed by atoms with Crippen molar-refractivity contribution < 1.29 is 4.39 Å². The van der Waals surface area contributed by atoms with Gasteiger partial charge < -0.3 is 0 Å². The van der Waals surface area contributed by atoms with Crippen LogP contribution >= 0.6 is 0 Å². The topological polar surface area (TPSA) is 0 Å². The molecule has 0 N–H and O–H groups in total. The third-order valence-electron chi connectivity index (χ3n) is 5.68. The summed E-state index contributed by atoms with van der Waals surface area (Å²) in [5, 5.41) is 0. The van der Waals surface area contributed by atoms with Gasteiger partial charge >= 0.3 is 0 Å². The Morgan fingerprint density at radius 1 is 0.917 bits per heavy atom. The van der Waals surface area contributed by atoms with Gasteiger partial charge in [0.25, 0.3) is 0 Å². The van der Waals surface area contributed by atoms with E-state index in [4.69, 9.17) is 0 Å². The van der Waals surface area contributed by atoms with Crippen LogP contribution in [-0.2, 0) is 6.42 Å². The maximum absolute atomic E-state index is 14.3. The van der Waals surface area contributed by atoms with Crippen molar-refractivity contribution in [2.45, 2.75) is 64.7 Å². The number of hydrogen-bond acceptors (Lipinski definition) is 0. The fourth-order valence-electron chi connectivity index (χ4n) is 4.14. The minimum Gasteiger partial charge on any atom is -0.206 e. The summed E-state index contributed by atoms with van der Waals surface area (Å²) in [7, 11) is 0. The zero-order valence-corrected chi connectivity index (χ0v) is 15.0. The van der Waals surface area contributed by atoms with Crippen LogP contribution in [0.5, 0.6) is 0 Å². The van der Waals surface area contributed by atoms with Gasteiger partial charge in [0.1, 0.15) is 5.82 Å². The molecule has 2 aromatic rings. The molecule has 0 aromatic heterocycles. The summed E-state index contributed by atoms with van der Waals surface area (Å²) in [5.41, 5.74) is 4.18. The van der Waals surface area contributed by atoms with Gasteiger partial charge in [-0.15, -0.1) is 0 Å². The molecule has 1 saturated carbocycles. The maximum Gasteiger partial charge on any atom is 0.131 e. The molecular formula is C23H29F. The van der Waals surface area contributed by atoms with Crippen LogP contribution in [0.15, 0.2) is 42.5 Å². The summed E-state index contributed by atoms with van der Waals surface area (Å²) in [6.45, 7) is 4.34. The van der Waals surface area contributed by atoms with Crippen LogP contribution < -0.4 is 0 Å². The average Bonchev–Trinajstić information content (AvgIpc) is 2.63. The molecule has 3 rings (SSSR count). The zero-order valence-electron chi connectivity index (χ0n) is 15.0. The zero-order chi connectivity index (χ0) is 16.9. The van der Waals surface area contributed by atoms with Crippen LogP contribution in [0.1, 0.15) is 69.4 Å². The minimum atomic E-state index is -0.109. The van der Waals surface area contributed by atoms with Gasteiger partial charge in [0.2, 0.25) is 0 Å². The first-order chi connectivity index (χ1) is 11.7. The Labute approximate surface area is 146 Å². The lowest BCUT2D eigenvalue weighted by molar-refractivity contribution is 0.308. The molecule has 1 aliphatic rings. The van der Waals surface area contributed by atoms with Gasteiger partial charge in [-0.05, 0) is 66.7 Å². The molecule has 0 saturated heterocycles. The SMILES string of the molecule is CCC[C@H]1CC[C@H](c2ccc(-c3ccc(CC)cc3F)cc2)CC1. The lowest BCUT2D eigenvalue weighted by Gasteiger charge is -2.28. The lowest BCUT2D eigenvalue weighted by Crippen LogP contribution is -2.13. The van der Waals surface area contributed by atoms with E-state index in [1.807, 2.05) is 12.1 Å². The van der Waals surface area contributed by atoms with Crippen LogP contribution in [0.25, 0.3) is 11.1 Å². The van der Waals surface area contributed by atoms with E-state index in [9.17, 15) is 4.39 Å². The molecule has 0 atom stereocenters. The number of hydrogen-bond donors (Lipinski definition) is 0. The molecule has 2 aromatic carbocycles. The predicted molar refractivity (Wildman–Crippen MR) is 101 cm³/mol. The van der Waals surface area contributed by atoms with Gasteiger partial charge in [0.05, 0.1) is 0 Å². The number of halogens is 1. The Bertz CT molecular complexity index is 648. The Balaban J connectivity index is 1.70. The number of rotatable bonds is 5. The molecular weight excluding hydrogens is 295 g/mol. The van der Waals surface area contributed by atoms with Gasteiger partial charge in [0, 0.05) is 5.56 Å². The first-order valence-electron chi connectivity index (χ1n) is 9.60. The highest BCUT2D eigenvalue weighted by molar-refractivity contribution is 5.65. The van der Waals surface area contributed by atoms with Gasteiger partial charge in [-0.25, -0.2) is 4.39 Å². The summed E-state index contributed by atoms with van der Waals surface area (Å²) in [6.07, 6.45) is 8.93. The van der Waals surface area contributed by atoms with E-state index in [0.29, 0.717) is 11.5 Å². The largest absolute Gasteiger partial charge is 0.206 e. The molecule has 24 heavy (non-hydrogen) atoms. The first-order valence-corrected chi connectivity index (χ1v) is 9.60. The third-order valence-corrected chi connectivity index (χ3v) is 5.68. The van der Waals surface area contributed by atoms with Gasteiger partial charge in [-0.2, -0.15) is 0 Å². The second-order valence-corrected chi connectivity index (χ2v) is 7.30. The van der Waals surface area contributed by atoms with Crippen molar-refractivity contribution in [2.75, 3.05) is 0 Å². The molecule has 1 fully saturated rings. The highest BCUT2D eigenvalue weighted by Gasteiger charge is 2.21. The summed E-state index contributed by atoms with van der Waals surface area (Å²) in [5.74, 6) is 1.53. The van der Waals surface area contributed by atoms with E-state index in [0.717, 1.165) is 23.5 Å². The highest BCUT2D eigenvalue weighted by Crippen LogP contribution is 2.38. The first kappa shape index (κ1) is 17.2. The molecule has 0 radical (unpaired) electrons. The van der Waals surface area contributed by atoms with Crippen LogP contribution in [0, 0.1) is 11.7 Å². The molecule has 0 aliphatic heterocycles. The Hall–Kier alpha value is -1.63. The molecule has 0 heterocycles. The second kappa shape index (κ2) is 7.96. The van der Waals surface area contributed by atoms with Crippen LogP contribution in [0.4, 0.5) is 4.39 Å². The third kappa shape index (κ3) is 3.88. The molecule has 0 unspecified atom stereocenters. The fraction of sp³-hybridized carbons (Fsp3) is 0.478. The van der Waals surface area contributed by atoms with Crippen molar-refractivity contribution in [3.05, 3.63) is 59.4 Å². The van der Waals surface area contributed by atoms with Crippen molar-refractivity contribution >= 4 is 0 Å². The van der Waals surface area contributed by atoms with E-state index in [1.165, 1.54) is 44.1 Å². The van der Waals surface area contributed by atoms with Crippen molar-refractivity contribution in [1.82, 2.24) is 0 Å². The Kier molecular flexibility index (Phi) is 5.71. The average molecular weight is 324 g/mol. The maximum atomic E-state index is 14.3. The smallest absolute Gasteiger partial charge is 0.131 e. The monoisotopic (exact) mass is 324 g/mol. The van der Waals surface area contributed by atoms with Crippen molar-refractivity contribution in [3.8, 4) is 11.1 Å². The van der Waals surface area contributed by atoms with Crippen molar-refractivity contribution in [3.63, 3.8) is 0 Å². The van der Waals surface area contributed by atoms with Gasteiger partial charge in [-0.1, -0.05) is 63.1 Å². The molecule has 0 spiro atoms. The standard InChI is InChI=1S/C23H29F/c1-3-5-18-6-9-19(10-7-18)20-11-13-21(14-12-20)22-15-8-17(4-2)16-23(22)24/h8,11-16,18-19H,3-7,9-10H2,1-2H3/t18-,19-. The Morgan fingerprint density at radius 3 is 2.21 bits per heavy atom. The van der Waals surface area contributed by atoms with Crippen LogP contribution in [0.3, 0.4) is 0 Å².